The van der Waals surface area contributed by atoms with E-state index in [0.717, 1.165) is 31.4 Å². The molecule has 1 heterocycles. The van der Waals surface area contributed by atoms with Gasteiger partial charge in [0.05, 0.1) is 44.5 Å². The van der Waals surface area contributed by atoms with Crippen molar-refractivity contribution in [2.24, 2.45) is 20.5 Å². The van der Waals surface area contributed by atoms with E-state index in [4.69, 9.17) is 16.3 Å². The smallest absolute Gasteiger partial charge is 0.871 e. The molecule has 0 fully saturated rings. The van der Waals surface area contributed by atoms with Crippen LogP contribution in [-0.4, -0.2) is 69.0 Å². The van der Waals surface area contributed by atoms with Gasteiger partial charge >= 0.3 is 141 Å². The largest absolute Gasteiger partial charge is 2.00 e. The molecular formula is C27H12ClCuF2N7Na4O15S4. The molecule has 0 spiro atoms. The van der Waals surface area contributed by atoms with Crippen molar-refractivity contribution in [3.8, 4) is 17.2 Å². The normalized spacial score (nSPS) is 11.8. The van der Waals surface area contributed by atoms with Crippen LogP contribution in [0.4, 0.5) is 43.0 Å². The first-order valence-corrected chi connectivity index (χ1v) is 20.0. The Labute approximate surface area is 447 Å². The van der Waals surface area contributed by atoms with E-state index in [1.165, 1.54) is 0 Å². The van der Waals surface area contributed by atoms with Crippen LogP contribution in [0.3, 0.4) is 0 Å². The van der Waals surface area contributed by atoms with E-state index in [2.05, 4.69) is 35.7 Å². The van der Waals surface area contributed by atoms with Gasteiger partial charge in [-0.15, -0.1) is 10.2 Å². The summed E-state index contributed by atoms with van der Waals surface area (Å²) in [5.41, 5.74) is -3.50. The maximum absolute atomic E-state index is 13.8. The summed E-state index contributed by atoms with van der Waals surface area (Å²) in [5, 5.41) is 39.5. The average Bonchev–Trinajstić information content (AvgIpc) is 3.07. The van der Waals surface area contributed by atoms with Gasteiger partial charge < -0.3 is 38.5 Å². The Balaban J connectivity index is 0.00000720. The topological polar surface area (TPSA) is 371 Å². The second kappa shape index (κ2) is 22.9. The van der Waals surface area contributed by atoms with E-state index >= 15 is 0 Å². The Hall–Kier alpha value is -1.07. The summed E-state index contributed by atoms with van der Waals surface area (Å²) in [5.74, 6) is -5.89. The molecule has 5 rings (SSSR count). The van der Waals surface area contributed by atoms with Gasteiger partial charge in [-0.05, 0) is 59.3 Å². The van der Waals surface area contributed by atoms with Crippen LogP contribution in [0.1, 0.15) is 0 Å². The minimum absolute atomic E-state index is 0. The standard InChI is InChI=1S/C27H18ClF2N7O15S4.Cu.4Na/c1-52-23-14(4-5-15(24(23)56(49,50)51)31-26-20(28)25(29)32-27(30)33-26)36-34-11-2-3-13(16(38)8-11)35-37-21-18(55(46,47)48)7-10-6-12(53(40,41)42)9-17(54(43,44)45)19(10)22(21)39;;;;;/h2-9,38-39H,1H3,(H,31,32,33)(H,40,41,42)(H,43,44,45)(H,46,47,48)(H,49,50,51);;;;;/q;+2;4*+1/p-6. The van der Waals surface area contributed by atoms with Crippen molar-refractivity contribution >= 4 is 97.1 Å². The second-order valence-corrected chi connectivity index (χ2v) is 16.3. The number of hydrogen-bond donors (Lipinski definition) is 1. The van der Waals surface area contributed by atoms with Crippen LogP contribution >= 0.6 is 11.6 Å². The molecule has 34 heteroatoms. The summed E-state index contributed by atoms with van der Waals surface area (Å²) in [6.45, 7) is 0. The number of halogens is 3. The van der Waals surface area contributed by atoms with Crippen molar-refractivity contribution < 1.29 is 211 Å². The summed E-state index contributed by atoms with van der Waals surface area (Å²) in [6, 6.07) is 5.14. The third kappa shape index (κ3) is 14.0. The van der Waals surface area contributed by atoms with E-state index in [9.17, 15) is 70.9 Å². The molecule has 0 aliphatic heterocycles. The van der Waals surface area contributed by atoms with Gasteiger partial charge in [0.25, 0.3) is 0 Å². The van der Waals surface area contributed by atoms with Crippen LogP contribution in [0.5, 0.6) is 17.2 Å². The van der Waals surface area contributed by atoms with Gasteiger partial charge in [-0.2, -0.15) is 29.0 Å². The maximum atomic E-state index is 13.8. The number of hydrogen-bond acceptors (Lipinski definition) is 22. The van der Waals surface area contributed by atoms with Crippen molar-refractivity contribution in [3.63, 3.8) is 0 Å². The number of ether oxygens (including phenoxy) is 1. The van der Waals surface area contributed by atoms with Crippen LogP contribution in [0.15, 0.2) is 88.6 Å². The fraction of sp³-hybridized carbons (Fsp3) is 0.0370. The number of benzene rings is 4. The quantitative estimate of drug-likeness (QED) is 0.0422. The molecule has 0 atom stereocenters. The van der Waals surface area contributed by atoms with Crippen molar-refractivity contribution in [1.29, 1.82) is 0 Å². The molecule has 0 unspecified atom stereocenters. The molecule has 0 amide bonds. The van der Waals surface area contributed by atoms with Crippen LogP contribution in [0.2, 0.25) is 5.02 Å². The number of aromatic nitrogens is 2. The zero-order chi connectivity index (χ0) is 41.7. The van der Waals surface area contributed by atoms with Crippen LogP contribution in [-0.2, 0) is 57.5 Å². The fourth-order valence-electron chi connectivity index (χ4n) is 4.68. The van der Waals surface area contributed by atoms with Gasteiger partial charge in [-0.3, -0.25) is 0 Å². The Morgan fingerprint density at radius 2 is 1.28 bits per heavy atom. The summed E-state index contributed by atoms with van der Waals surface area (Å²) in [4.78, 5) is 0.352. The van der Waals surface area contributed by atoms with Crippen LogP contribution in [0.25, 0.3) is 10.8 Å². The Morgan fingerprint density at radius 1 is 0.705 bits per heavy atom. The van der Waals surface area contributed by atoms with Crippen LogP contribution < -0.4 is 138 Å². The molecule has 0 saturated heterocycles. The first-order chi connectivity index (χ1) is 25.8. The zero-order valence-electron chi connectivity index (χ0n) is 31.0. The fourth-order valence-corrected chi connectivity index (χ4v) is 7.59. The molecular weight excluding hydrogens is 1020 g/mol. The van der Waals surface area contributed by atoms with Crippen LogP contribution in [0, 0.1) is 12.0 Å². The van der Waals surface area contributed by atoms with Gasteiger partial charge in [-0.25, -0.2) is 33.7 Å². The molecule has 61 heavy (non-hydrogen) atoms. The first-order valence-electron chi connectivity index (χ1n) is 14.0. The summed E-state index contributed by atoms with van der Waals surface area (Å²) >= 11 is 5.70. The molecule has 0 saturated carbocycles. The summed E-state index contributed by atoms with van der Waals surface area (Å²) in [6.07, 6.45) is -1.60. The van der Waals surface area contributed by atoms with Gasteiger partial charge in [0.2, 0.25) is 5.95 Å². The molecule has 0 bridgehead atoms. The molecule has 22 nitrogen and oxygen atoms in total. The average molecular weight is 1030 g/mol. The number of azo groups is 2. The summed E-state index contributed by atoms with van der Waals surface area (Å²) in [7, 11) is -21.5. The predicted molar refractivity (Wildman–Crippen MR) is 173 cm³/mol. The third-order valence-corrected chi connectivity index (χ3v) is 10.7. The predicted octanol–water partition coefficient (Wildman–Crippen LogP) is -9.08. The van der Waals surface area contributed by atoms with Crippen molar-refractivity contribution in [2.75, 3.05) is 12.4 Å². The van der Waals surface area contributed by atoms with Crippen molar-refractivity contribution in [1.82, 2.24) is 9.97 Å². The molecule has 0 aliphatic rings. The minimum Gasteiger partial charge on any atom is -0.871 e. The molecule has 1 N–H and O–H groups in total. The monoisotopic (exact) mass is 1030 g/mol. The molecule has 1 aromatic heterocycles. The first kappa shape index (κ1) is 59.9. The number of fused-ring (bicyclic) bond motifs is 1. The second-order valence-electron chi connectivity index (χ2n) is 10.5. The molecule has 5 aromatic rings. The van der Waals surface area contributed by atoms with Gasteiger partial charge in [0.1, 0.15) is 56.1 Å². The van der Waals surface area contributed by atoms with E-state index in [1.54, 1.807) is 0 Å². The van der Waals surface area contributed by atoms with Gasteiger partial charge in [0.15, 0.2) is 11.6 Å². The Kier molecular flexibility index (Phi) is 22.5. The number of nitrogens with zero attached hydrogens (tertiary/aromatic N) is 6. The number of rotatable bonds is 11. The molecule has 305 valence electrons. The van der Waals surface area contributed by atoms with Crippen molar-refractivity contribution in [3.05, 3.63) is 65.6 Å². The van der Waals surface area contributed by atoms with Crippen molar-refractivity contribution in [2.45, 2.75) is 19.6 Å². The number of anilines is 2. The zero-order valence-corrected chi connectivity index (χ0v) is 44.0. The van der Waals surface area contributed by atoms with E-state index < -0.39 is 134 Å². The Bertz CT molecular complexity index is 3040. The molecule has 0 aliphatic carbocycles. The third-order valence-electron chi connectivity index (χ3n) is 6.95. The molecule has 1 radical (unpaired) electrons. The minimum atomic E-state index is -5.75. The van der Waals surface area contributed by atoms with Gasteiger partial charge in [0, 0.05) is 0 Å². The Morgan fingerprint density at radius 3 is 1.80 bits per heavy atom. The number of nitrogens with one attached hydrogen (secondary N) is 1. The summed E-state index contributed by atoms with van der Waals surface area (Å²) < 4.78 is 176. The van der Waals surface area contributed by atoms with E-state index in [-0.39, 0.29) is 153 Å². The maximum Gasteiger partial charge on any atom is 2.00 e. The van der Waals surface area contributed by atoms with E-state index in [1.807, 2.05) is 0 Å². The molecule has 4 aromatic carbocycles. The SMILES string of the molecule is COc1c(N=Nc2ccc(N=Nc3c(S(=O)(=O)[O-])cc4cc(S(=O)(=O)[O-])cc(S(=O)(=O)[O-])c4c3[O-])c([O-])c2)ccc(Nc2nc(F)nc(F)c2Cl)c1S(=O)(=O)[O-].[Cu+2].[Na+].[Na+].[Na+].[Na+]. The van der Waals surface area contributed by atoms with Gasteiger partial charge in [-0.1, -0.05) is 23.1 Å². The van der Waals surface area contributed by atoms with E-state index in [0.29, 0.717) is 12.1 Å². The number of methoxy groups -OCH3 is 1.